The fraction of sp³-hybridized carbons (Fsp3) is 0.300. The molecule has 0 spiro atoms. The van der Waals surface area contributed by atoms with Crippen LogP contribution in [0.1, 0.15) is 17.3 Å². The number of carbonyl (C=O) groups excluding carboxylic acids is 1. The fourth-order valence-electron chi connectivity index (χ4n) is 1.47. The number of ketones is 1. The van der Waals surface area contributed by atoms with Gasteiger partial charge in [-0.25, -0.2) is 0 Å². The summed E-state index contributed by atoms with van der Waals surface area (Å²) in [6.07, 6.45) is 0. The first kappa shape index (κ1) is 10.1. The average Bonchev–Trinajstić information content (AvgIpc) is 2.19. The second-order valence-corrected chi connectivity index (χ2v) is 3.57. The summed E-state index contributed by atoms with van der Waals surface area (Å²) in [6, 6.07) is 1.44. The Morgan fingerprint density at radius 1 is 1.47 bits per heavy atom. The summed E-state index contributed by atoms with van der Waals surface area (Å²) in [7, 11) is 0. The van der Waals surface area contributed by atoms with Gasteiger partial charge in [0, 0.05) is 6.07 Å². The molecule has 1 aliphatic heterocycles. The van der Waals surface area contributed by atoms with E-state index < -0.39 is 0 Å². The Hall–Kier alpha value is -1.42. The zero-order chi connectivity index (χ0) is 11.0. The molecule has 0 unspecified atom stereocenters. The van der Waals surface area contributed by atoms with Crippen LogP contribution in [0, 0.1) is 0 Å². The Kier molecular flexibility index (Phi) is 2.44. The predicted molar refractivity (Wildman–Crippen MR) is 54.1 cm³/mol. The van der Waals surface area contributed by atoms with Gasteiger partial charge in [-0.1, -0.05) is 11.6 Å². The van der Waals surface area contributed by atoms with Crippen LogP contribution in [-0.4, -0.2) is 24.1 Å². The summed E-state index contributed by atoms with van der Waals surface area (Å²) in [4.78, 5) is 11.3. The van der Waals surface area contributed by atoms with Gasteiger partial charge < -0.3 is 14.6 Å². The molecule has 80 valence electrons. The maximum Gasteiger partial charge on any atom is 0.175 e. The van der Waals surface area contributed by atoms with Gasteiger partial charge in [-0.05, 0) is 6.92 Å². The van der Waals surface area contributed by atoms with Crippen molar-refractivity contribution >= 4 is 17.4 Å². The number of ether oxygens (including phenoxy) is 2. The zero-order valence-electron chi connectivity index (χ0n) is 8.04. The molecule has 0 aromatic heterocycles. The number of rotatable bonds is 1. The molecule has 0 aliphatic carbocycles. The van der Waals surface area contributed by atoms with E-state index in [0.717, 1.165) is 0 Å². The number of hydrogen-bond acceptors (Lipinski definition) is 4. The Bertz CT molecular complexity index is 428. The number of aromatic hydroxyl groups is 1. The predicted octanol–water partition coefficient (Wildman–Crippen LogP) is 2.02. The molecule has 0 amide bonds. The highest BCUT2D eigenvalue weighted by Gasteiger charge is 2.24. The van der Waals surface area contributed by atoms with E-state index in [0.29, 0.717) is 19.0 Å². The van der Waals surface area contributed by atoms with Crippen LogP contribution in [0.25, 0.3) is 0 Å². The molecular formula is C10H9ClO4. The number of halogens is 1. The normalized spacial score (nSPS) is 13.7. The lowest BCUT2D eigenvalue weighted by atomic mass is 10.1. The van der Waals surface area contributed by atoms with Crippen molar-refractivity contribution in [3.8, 4) is 17.2 Å². The highest BCUT2D eigenvalue weighted by molar-refractivity contribution is 6.33. The molecule has 0 atom stereocenters. The van der Waals surface area contributed by atoms with Crippen LogP contribution in [0.3, 0.4) is 0 Å². The lowest BCUT2D eigenvalue weighted by Crippen LogP contribution is -2.17. The van der Waals surface area contributed by atoms with Crippen molar-refractivity contribution in [1.82, 2.24) is 0 Å². The third-order valence-electron chi connectivity index (χ3n) is 2.11. The van der Waals surface area contributed by atoms with Crippen LogP contribution < -0.4 is 9.47 Å². The standard InChI is InChI=1S/C10H9ClO4/c1-5(12)8-9(13)6(11)4-7-10(8)15-3-2-14-7/h4,13H,2-3H2,1H3. The number of hydrogen-bond donors (Lipinski definition) is 1. The van der Waals surface area contributed by atoms with Gasteiger partial charge in [-0.2, -0.15) is 0 Å². The molecular weight excluding hydrogens is 220 g/mol. The molecule has 1 aromatic rings. The van der Waals surface area contributed by atoms with E-state index in [2.05, 4.69) is 0 Å². The van der Waals surface area contributed by atoms with E-state index in [1.54, 1.807) is 0 Å². The molecule has 0 saturated heterocycles. The molecule has 1 heterocycles. The quantitative estimate of drug-likeness (QED) is 0.748. The van der Waals surface area contributed by atoms with Gasteiger partial charge in [0.15, 0.2) is 17.3 Å². The Labute approximate surface area is 91.4 Å². The van der Waals surface area contributed by atoms with Gasteiger partial charge >= 0.3 is 0 Å². The average molecular weight is 229 g/mol. The van der Waals surface area contributed by atoms with Crippen molar-refractivity contribution < 1.29 is 19.4 Å². The highest BCUT2D eigenvalue weighted by Crippen LogP contribution is 2.43. The topological polar surface area (TPSA) is 55.8 Å². The van der Waals surface area contributed by atoms with E-state index in [-0.39, 0.29) is 27.9 Å². The van der Waals surface area contributed by atoms with Crippen molar-refractivity contribution in [2.45, 2.75) is 6.92 Å². The zero-order valence-corrected chi connectivity index (χ0v) is 8.80. The van der Waals surface area contributed by atoms with E-state index >= 15 is 0 Å². The Balaban J connectivity index is 2.68. The van der Waals surface area contributed by atoms with Crippen LogP contribution in [0.2, 0.25) is 5.02 Å². The van der Waals surface area contributed by atoms with E-state index in [1.807, 2.05) is 0 Å². The van der Waals surface area contributed by atoms with E-state index in [4.69, 9.17) is 21.1 Å². The number of carbonyl (C=O) groups is 1. The van der Waals surface area contributed by atoms with Gasteiger partial charge in [-0.15, -0.1) is 0 Å². The second kappa shape index (κ2) is 3.62. The molecule has 0 bridgehead atoms. The summed E-state index contributed by atoms with van der Waals surface area (Å²) < 4.78 is 10.6. The molecule has 4 nitrogen and oxygen atoms in total. The number of phenolic OH excluding ortho intramolecular Hbond substituents is 1. The third-order valence-corrected chi connectivity index (χ3v) is 2.40. The Morgan fingerprint density at radius 3 is 2.80 bits per heavy atom. The van der Waals surface area contributed by atoms with Crippen molar-refractivity contribution in [2.75, 3.05) is 13.2 Å². The van der Waals surface area contributed by atoms with E-state index in [1.165, 1.54) is 13.0 Å². The second-order valence-electron chi connectivity index (χ2n) is 3.16. The smallest absolute Gasteiger partial charge is 0.175 e. The summed E-state index contributed by atoms with van der Waals surface area (Å²) in [5, 5.41) is 9.72. The minimum atomic E-state index is -0.309. The lowest BCUT2D eigenvalue weighted by molar-refractivity contribution is 0.0998. The maximum absolute atomic E-state index is 11.3. The number of fused-ring (bicyclic) bond motifs is 1. The highest BCUT2D eigenvalue weighted by atomic mass is 35.5. The van der Waals surface area contributed by atoms with E-state index in [9.17, 15) is 9.90 Å². The number of benzene rings is 1. The SMILES string of the molecule is CC(=O)c1c(O)c(Cl)cc2c1OCCO2. The summed E-state index contributed by atoms with van der Waals surface area (Å²) in [5.74, 6) is 0.107. The van der Waals surface area contributed by atoms with Crippen LogP contribution >= 0.6 is 11.6 Å². The summed E-state index contributed by atoms with van der Waals surface area (Å²) in [6.45, 7) is 2.10. The lowest BCUT2D eigenvalue weighted by Gasteiger charge is -2.21. The van der Waals surface area contributed by atoms with Crippen LogP contribution in [0.15, 0.2) is 6.07 Å². The fourth-order valence-corrected chi connectivity index (χ4v) is 1.67. The first-order valence-corrected chi connectivity index (χ1v) is 4.81. The van der Waals surface area contributed by atoms with Crippen molar-refractivity contribution in [2.24, 2.45) is 0 Å². The molecule has 1 aliphatic rings. The first-order chi connectivity index (χ1) is 7.11. The van der Waals surface area contributed by atoms with Crippen LogP contribution in [-0.2, 0) is 0 Å². The molecule has 0 saturated carbocycles. The molecule has 1 aromatic carbocycles. The largest absolute Gasteiger partial charge is 0.505 e. The number of Topliss-reactive ketones (excluding diaryl/α,β-unsaturated/α-hetero) is 1. The van der Waals surface area contributed by atoms with Gasteiger partial charge in [0.2, 0.25) is 0 Å². The first-order valence-electron chi connectivity index (χ1n) is 4.43. The van der Waals surface area contributed by atoms with Crippen molar-refractivity contribution in [1.29, 1.82) is 0 Å². The molecule has 2 rings (SSSR count). The van der Waals surface area contributed by atoms with Gasteiger partial charge in [0.1, 0.15) is 24.5 Å². The molecule has 5 heteroatoms. The summed E-state index contributed by atoms with van der Waals surface area (Å²) in [5.41, 5.74) is 0.0807. The molecule has 1 N–H and O–H groups in total. The molecule has 0 fully saturated rings. The van der Waals surface area contributed by atoms with Crippen molar-refractivity contribution in [3.05, 3.63) is 16.7 Å². The van der Waals surface area contributed by atoms with Gasteiger partial charge in [-0.3, -0.25) is 4.79 Å². The van der Waals surface area contributed by atoms with Crippen LogP contribution in [0.5, 0.6) is 17.2 Å². The minimum absolute atomic E-state index is 0.0807. The summed E-state index contributed by atoms with van der Waals surface area (Å²) >= 11 is 5.76. The monoisotopic (exact) mass is 228 g/mol. The molecule has 15 heavy (non-hydrogen) atoms. The number of phenols is 1. The maximum atomic E-state index is 11.3. The van der Waals surface area contributed by atoms with Gasteiger partial charge in [0.25, 0.3) is 0 Å². The van der Waals surface area contributed by atoms with Gasteiger partial charge in [0.05, 0.1) is 5.02 Å². The molecule has 0 radical (unpaired) electrons. The Morgan fingerprint density at radius 2 is 2.13 bits per heavy atom. The van der Waals surface area contributed by atoms with Crippen LogP contribution in [0.4, 0.5) is 0 Å². The third kappa shape index (κ3) is 1.61. The van der Waals surface area contributed by atoms with Crippen molar-refractivity contribution in [3.63, 3.8) is 0 Å². The minimum Gasteiger partial charge on any atom is -0.505 e.